The molecule has 1 N–H and O–H groups in total. The van der Waals surface area contributed by atoms with E-state index in [0.29, 0.717) is 9.75 Å². The first kappa shape index (κ1) is 15.0. The van der Waals surface area contributed by atoms with Crippen molar-refractivity contribution in [3.8, 4) is 0 Å². The minimum absolute atomic E-state index is 0.0462. The van der Waals surface area contributed by atoms with Gasteiger partial charge in [0.25, 0.3) is 5.91 Å². The van der Waals surface area contributed by atoms with Crippen LogP contribution in [0.15, 0.2) is 12.1 Å². The molecule has 0 saturated heterocycles. The van der Waals surface area contributed by atoms with Crippen LogP contribution in [-0.4, -0.2) is 38.2 Å². The van der Waals surface area contributed by atoms with Crippen LogP contribution in [-0.2, 0) is 9.47 Å². The van der Waals surface area contributed by atoms with Crippen LogP contribution in [0.3, 0.4) is 0 Å². The van der Waals surface area contributed by atoms with Crippen molar-refractivity contribution in [2.24, 2.45) is 0 Å². The highest BCUT2D eigenvalue weighted by Gasteiger charge is 2.27. The minimum Gasteiger partial charge on any atom is -0.465 e. The summed E-state index contributed by atoms with van der Waals surface area (Å²) in [6.07, 6.45) is 4.21. The molecule has 2 atom stereocenters. The Labute approximate surface area is 122 Å². The molecule has 2 rings (SSSR count). The molecular formula is C14H19NO4S. The molecule has 1 saturated carbocycles. The Morgan fingerprint density at radius 3 is 2.60 bits per heavy atom. The lowest BCUT2D eigenvalue weighted by Gasteiger charge is -2.30. The van der Waals surface area contributed by atoms with Crippen LogP contribution in [0, 0.1) is 0 Å². The van der Waals surface area contributed by atoms with Gasteiger partial charge < -0.3 is 14.8 Å². The van der Waals surface area contributed by atoms with Gasteiger partial charge in [-0.25, -0.2) is 4.79 Å². The predicted molar refractivity (Wildman–Crippen MR) is 76.2 cm³/mol. The molecule has 0 bridgehead atoms. The number of esters is 1. The van der Waals surface area contributed by atoms with E-state index in [1.807, 2.05) is 0 Å². The smallest absolute Gasteiger partial charge is 0.348 e. The van der Waals surface area contributed by atoms with E-state index in [2.05, 4.69) is 10.1 Å². The molecule has 1 aromatic rings. The highest BCUT2D eigenvalue weighted by Crippen LogP contribution is 2.22. The second-order valence-corrected chi connectivity index (χ2v) is 5.88. The SMILES string of the molecule is COC(=O)c1ccc(C(=O)N[C@@H]2CCCC[C@H]2OC)s1. The van der Waals surface area contributed by atoms with E-state index in [1.54, 1.807) is 19.2 Å². The molecule has 1 fully saturated rings. The highest BCUT2D eigenvalue weighted by molar-refractivity contribution is 7.15. The van der Waals surface area contributed by atoms with E-state index >= 15 is 0 Å². The standard InChI is InChI=1S/C14H19NO4S/c1-18-10-6-4-3-5-9(10)15-13(16)11-7-8-12(20-11)14(17)19-2/h7-10H,3-6H2,1-2H3,(H,15,16)/t9-,10-/m1/s1. The molecule has 1 aromatic heterocycles. The fraction of sp³-hybridized carbons (Fsp3) is 0.571. The summed E-state index contributed by atoms with van der Waals surface area (Å²) in [7, 11) is 3.00. The molecule has 110 valence electrons. The highest BCUT2D eigenvalue weighted by atomic mass is 32.1. The van der Waals surface area contributed by atoms with E-state index in [1.165, 1.54) is 7.11 Å². The fourth-order valence-electron chi connectivity index (χ4n) is 2.45. The van der Waals surface area contributed by atoms with E-state index in [-0.39, 0.29) is 18.1 Å². The third-order valence-corrected chi connectivity index (χ3v) is 4.60. The molecule has 1 amide bonds. The Morgan fingerprint density at radius 2 is 1.90 bits per heavy atom. The van der Waals surface area contributed by atoms with Crippen molar-refractivity contribution in [3.05, 3.63) is 21.9 Å². The number of hydrogen-bond donors (Lipinski definition) is 1. The third kappa shape index (κ3) is 3.37. The number of methoxy groups -OCH3 is 2. The molecule has 5 nitrogen and oxygen atoms in total. The molecule has 0 spiro atoms. The number of hydrogen-bond acceptors (Lipinski definition) is 5. The van der Waals surface area contributed by atoms with Crippen molar-refractivity contribution in [3.63, 3.8) is 0 Å². The molecule has 0 unspecified atom stereocenters. The summed E-state index contributed by atoms with van der Waals surface area (Å²) in [4.78, 5) is 24.5. The molecule has 1 aliphatic rings. The van der Waals surface area contributed by atoms with Gasteiger partial charge in [0, 0.05) is 7.11 Å². The lowest BCUT2D eigenvalue weighted by molar-refractivity contribution is 0.0393. The Hall–Kier alpha value is -1.40. The average molecular weight is 297 g/mol. The Bertz CT molecular complexity index is 485. The fourth-order valence-corrected chi connectivity index (χ4v) is 3.28. The van der Waals surface area contributed by atoms with Crippen LogP contribution in [0.25, 0.3) is 0 Å². The Morgan fingerprint density at radius 1 is 1.20 bits per heavy atom. The first-order valence-electron chi connectivity index (χ1n) is 6.67. The van der Waals surface area contributed by atoms with Crippen LogP contribution in [0.2, 0.25) is 0 Å². The molecule has 1 heterocycles. The van der Waals surface area contributed by atoms with Gasteiger partial charge in [0.1, 0.15) is 4.88 Å². The van der Waals surface area contributed by atoms with Gasteiger partial charge in [-0.2, -0.15) is 0 Å². The van der Waals surface area contributed by atoms with Crippen molar-refractivity contribution in [2.45, 2.75) is 37.8 Å². The van der Waals surface area contributed by atoms with Crippen LogP contribution in [0.1, 0.15) is 45.0 Å². The number of ether oxygens (including phenoxy) is 2. The van der Waals surface area contributed by atoms with Gasteiger partial charge in [0.15, 0.2) is 0 Å². The summed E-state index contributed by atoms with van der Waals surface area (Å²) in [5.74, 6) is -0.569. The van der Waals surface area contributed by atoms with Crippen LogP contribution >= 0.6 is 11.3 Å². The largest absolute Gasteiger partial charge is 0.465 e. The Balaban J connectivity index is 2.00. The number of carbonyl (C=O) groups excluding carboxylic acids is 2. The lowest BCUT2D eigenvalue weighted by Crippen LogP contribution is -2.45. The van der Waals surface area contributed by atoms with E-state index in [4.69, 9.17) is 4.74 Å². The van der Waals surface area contributed by atoms with Gasteiger partial charge in [-0.15, -0.1) is 11.3 Å². The summed E-state index contributed by atoms with van der Waals surface area (Å²) in [6.45, 7) is 0. The summed E-state index contributed by atoms with van der Waals surface area (Å²) in [5.41, 5.74) is 0. The first-order chi connectivity index (χ1) is 9.65. The third-order valence-electron chi connectivity index (χ3n) is 3.54. The van der Waals surface area contributed by atoms with Gasteiger partial charge in [-0.3, -0.25) is 4.79 Å². The molecule has 20 heavy (non-hydrogen) atoms. The average Bonchev–Trinajstić information content (AvgIpc) is 2.97. The molecule has 1 aliphatic carbocycles. The quantitative estimate of drug-likeness (QED) is 0.866. The van der Waals surface area contributed by atoms with Crippen LogP contribution in [0.5, 0.6) is 0 Å². The summed E-state index contributed by atoms with van der Waals surface area (Å²) >= 11 is 1.14. The van der Waals surface area contributed by atoms with Gasteiger partial charge in [-0.05, 0) is 25.0 Å². The van der Waals surface area contributed by atoms with Crippen molar-refractivity contribution >= 4 is 23.2 Å². The second-order valence-electron chi connectivity index (χ2n) is 4.79. The minimum atomic E-state index is -0.415. The zero-order chi connectivity index (χ0) is 14.5. The van der Waals surface area contributed by atoms with Gasteiger partial charge >= 0.3 is 5.97 Å². The van der Waals surface area contributed by atoms with Crippen molar-refractivity contribution < 1.29 is 19.1 Å². The van der Waals surface area contributed by atoms with Crippen molar-refractivity contribution in [1.82, 2.24) is 5.32 Å². The monoisotopic (exact) mass is 297 g/mol. The van der Waals surface area contributed by atoms with E-state index in [0.717, 1.165) is 37.0 Å². The maximum absolute atomic E-state index is 12.2. The molecule has 0 radical (unpaired) electrons. The molecular weight excluding hydrogens is 278 g/mol. The number of amides is 1. The molecule has 0 aromatic carbocycles. The number of carbonyl (C=O) groups is 2. The summed E-state index contributed by atoms with van der Waals surface area (Å²) in [6, 6.07) is 3.31. The topological polar surface area (TPSA) is 64.6 Å². The predicted octanol–water partition coefficient (Wildman–Crippen LogP) is 2.22. The van der Waals surface area contributed by atoms with Gasteiger partial charge in [0.05, 0.1) is 24.1 Å². The van der Waals surface area contributed by atoms with Crippen molar-refractivity contribution in [2.75, 3.05) is 14.2 Å². The number of thiophene rings is 1. The number of rotatable bonds is 4. The van der Waals surface area contributed by atoms with E-state index < -0.39 is 5.97 Å². The first-order valence-corrected chi connectivity index (χ1v) is 7.49. The normalized spacial score (nSPS) is 22.3. The second kappa shape index (κ2) is 6.85. The van der Waals surface area contributed by atoms with Gasteiger partial charge in [-0.1, -0.05) is 12.8 Å². The zero-order valence-corrected chi connectivity index (χ0v) is 12.5. The molecule has 6 heteroatoms. The Kier molecular flexibility index (Phi) is 5.14. The lowest BCUT2D eigenvalue weighted by atomic mass is 9.92. The maximum Gasteiger partial charge on any atom is 0.348 e. The van der Waals surface area contributed by atoms with Crippen LogP contribution in [0.4, 0.5) is 0 Å². The summed E-state index contributed by atoms with van der Waals surface area (Å²) in [5, 5.41) is 3.00. The van der Waals surface area contributed by atoms with E-state index in [9.17, 15) is 9.59 Å². The van der Waals surface area contributed by atoms with Crippen molar-refractivity contribution in [1.29, 1.82) is 0 Å². The maximum atomic E-state index is 12.2. The van der Waals surface area contributed by atoms with Crippen LogP contribution < -0.4 is 5.32 Å². The summed E-state index contributed by atoms with van der Waals surface area (Å²) < 4.78 is 10.0. The van der Waals surface area contributed by atoms with Gasteiger partial charge in [0.2, 0.25) is 0 Å². The number of nitrogens with one attached hydrogen (secondary N) is 1. The molecule has 0 aliphatic heterocycles. The zero-order valence-electron chi connectivity index (χ0n) is 11.7.